The van der Waals surface area contributed by atoms with Gasteiger partial charge in [0.2, 0.25) is 5.91 Å². The predicted molar refractivity (Wildman–Crippen MR) is 105 cm³/mol. The number of nitrogens with zero attached hydrogens (tertiary/aromatic N) is 3. The maximum absolute atomic E-state index is 12.6. The summed E-state index contributed by atoms with van der Waals surface area (Å²) in [6, 6.07) is 20.3. The van der Waals surface area contributed by atoms with E-state index in [-0.39, 0.29) is 5.41 Å². The lowest BCUT2D eigenvalue weighted by atomic mass is 9.77. The molecule has 2 saturated heterocycles. The highest BCUT2D eigenvalue weighted by Gasteiger charge is 2.44. The molecule has 27 heavy (non-hydrogen) atoms. The average molecular weight is 359 g/mol. The lowest BCUT2D eigenvalue weighted by molar-refractivity contribution is -0.128. The van der Waals surface area contributed by atoms with Gasteiger partial charge in [-0.2, -0.15) is 5.26 Å². The van der Waals surface area contributed by atoms with Crippen LogP contribution < -0.4 is 0 Å². The second kappa shape index (κ2) is 7.54. The molecular formula is C23H25N3O. The molecule has 4 nitrogen and oxygen atoms in total. The van der Waals surface area contributed by atoms with Gasteiger partial charge in [-0.25, -0.2) is 0 Å². The first kappa shape index (κ1) is 17.8. The van der Waals surface area contributed by atoms with Crippen molar-refractivity contribution in [3.05, 3.63) is 71.3 Å². The lowest BCUT2D eigenvalue weighted by Crippen LogP contribution is -2.41. The van der Waals surface area contributed by atoms with Gasteiger partial charge in [-0.3, -0.25) is 9.69 Å². The average Bonchev–Trinajstić information content (AvgIpc) is 3.00. The minimum atomic E-state index is 0.160. The van der Waals surface area contributed by atoms with E-state index < -0.39 is 0 Å². The van der Waals surface area contributed by atoms with Crippen LogP contribution >= 0.6 is 0 Å². The Balaban J connectivity index is 1.33. The van der Waals surface area contributed by atoms with Crippen LogP contribution in [0.15, 0.2) is 54.6 Å². The van der Waals surface area contributed by atoms with Crippen LogP contribution in [0.2, 0.25) is 0 Å². The van der Waals surface area contributed by atoms with Crippen molar-refractivity contribution in [3.63, 3.8) is 0 Å². The third-order valence-corrected chi connectivity index (χ3v) is 6.03. The van der Waals surface area contributed by atoms with Crippen LogP contribution in [-0.4, -0.2) is 35.3 Å². The fraction of sp³-hybridized carbons (Fsp3) is 0.391. The van der Waals surface area contributed by atoms with Gasteiger partial charge >= 0.3 is 0 Å². The summed E-state index contributed by atoms with van der Waals surface area (Å²) in [4.78, 5) is 17.1. The normalized spacial score (nSPS) is 19.4. The van der Waals surface area contributed by atoms with Crippen LogP contribution in [0.5, 0.6) is 0 Å². The van der Waals surface area contributed by atoms with Crippen molar-refractivity contribution in [3.8, 4) is 6.07 Å². The van der Waals surface area contributed by atoms with Crippen molar-refractivity contribution < 1.29 is 4.79 Å². The van der Waals surface area contributed by atoms with Crippen molar-refractivity contribution in [1.29, 1.82) is 5.26 Å². The van der Waals surface area contributed by atoms with Gasteiger partial charge < -0.3 is 4.90 Å². The largest absolute Gasteiger partial charge is 0.338 e. The molecule has 2 fully saturated rings. The highest BCUT2D eigenvalue weighted by Crippen LogP contribution is 2.41. The van der Waals surface area contributed by atoms with Crippen molar-refractivity contribution >= 4 is 5.91 Å². The highest BCUT2D eigenvalue weighted by molar-refractivity contribution is 5.79. The Labute approximate surface area is 161 Å². The molecule has 0 radical (unpaired) electrons. The van der Waals surface area contributed by atoms with E-state index in [1.807, 2.05) is 47.4 Å². The Morgan fingerprint density at radius 1 is 0.926 bits per heavy atom. The smallest absolute Gasteiger partial charge is 0.223 e. The van der Waals surface area contributed by atoms with Gasteiger partial charge in [0.25, 0.3) is 0 Å². The van der Waals surface area contributed by atoms with Gasteiger partial charge in [0.05, 0.1) is 11.6 Å². The quantitative estimate of drug-likeness (QED) is 0.838. The van der Waals surface area contributed by atoms with Crippen molar-refractivity contribution in [2.45, 2.75) is 32.4 Å². The van der Waals surface area contributed by atoms with E-state index >= 15 is 0 Å². The topological polar surface area (TPSA) is 47.3 Å². The van der Waals surface area contributed by atoms with Gasteiger partial charge in [0.15, 0.2) is 0 Å². The monoisotopic (exact) mass is 359 g/mol. The van der Waals surface area contributed by atoms with E-state index in [0.717, 1.165) is 45.6 Å². The molecule has 1 amide bonds. The Morgan fingerprint density at radius 2 is 1.59 bits per heavy atom. The van der Waals surface area contributed by atoms with Crippen LogP contribution in [-0.2, 0) is 17.9 Å². The zero-order valence-corrected chi connectivity index (χ0v) is 15.6. The molecule has 4 heteroatoms. The molecule has 0 N–H and O–H groups in total. The van der Waals surface area contributed by atoms with Crippen LogP contribution in [0, 0.1) is 16.7 Å². The third-order valence-electron chi connectivity index (χ3n) is 6.03. The minimum Gasteiger partial charge on any atom is -0.338 e. The maximum atomic E-state index is 12.6. The predicted octanol–water partition coefficient (Wildman–Crippen LogP) is 3.57. The van der Waals surface area contributed by atoms with Crippen LogP contribution in [0.4, 0.5) is 0 Å². The van der Waals surface area contributed by atoms with Gasteiger partial charge in [-0.05, 0) is 54.6 Å². The number of nitriles is 1. The van der Waals surface area contributed by atoms with E-state index in [2.05, 4.69) is 23.1 Å². The molecule has 1 spiro atoms. The number of likely N-dealkylation sites (tertiary alicyclic amines) is 2. The van der Waals surface area contributed by atoms with E-state index in [0.29, 0.717) is 17.9 Å². The zero-order chi connectivity index (χ0) is 18.7. The summed E-state index contributed by atoms with van der Waals surface area (Å²) in [5.41, 5.74) is 3.33. The third kappa shape index (κ3) is 4.04. The summed E-state index contributed by atoms with van der Waals surface area (Å²) in [5, 5.41) is 8.91. The molecule has 0 atom stereocenters. The molecule has 0 unspecified atom stereocenters. The lowest BCUT2D eigenvalue weighted by Gasteiger charge is -2.38. The number of hydrogen-bond donors (Lipinski definition) is 0. The Kier molecular flexibility index (Phi) is 4.96. The maximum Gasteiger partial charge on any atom is 0.223 e. The summed E-state index contributed by atoms with van der Waals surface area (Å²) in [5.74, 6) is 0.305. The molecule has 2 aliphatic rings. The van der Waals surface area contributed by atoms with Gasteiger partial charge in [0, 0.05) is 26.1 Å². The fourth-order valence-electron chi connectivity index (χ4n) is 4.39. The molecular weight excluding hydrogens is 334 g/mol. The number of hydrogen-bond acceptors (Lipinski definition) is 3. The van der Waals surface area contributed by atoms with Crippen LogP contribution in [0.25, 0.3) is 0 Å². The van der Waals surface area contributed by atoms with Crippen molar-refractivity contribution in [2.24, 2.45) is 5.41 Å². The number of benzene rings is 2. The number of carbonyl (C=O) groups is 1. The SMILES string of the molecule is N#Cc1ccc(CN2CCC3(CC2)CC(=O)N(Cc2ccccc2)C3)cc1. The Hall–Kier alpha value is -2.64. The first-order chi connectivity index (χ1) is 13.2. The summed E-state index contributed by atoms with van der Waals surface area (Å²) < 4.78 is 0. The van der Waals surface area contributed by atoms with Gasteiger partial charge in [-0.15, -0.1) is 0 Å². The summed E-state index contributed by atoms with van der Waals surface area (Å²) in [6.45, 7) is 4.62. The molecule has 0 bridgehead atoms. The van der Waals surface area contributed by atoms with E-state index in [1.54, 1.807) is 0 Å². The molecule has 0 aliphatic carbocycles. The number of amides is 1. The fourth-order valence-corrected chi connectivity index (χ4v) is 4.39. The molecule has 0 saturated carbocycles. The second-order valence-electron chi connectivity index (χ2n) is 8.00. The van der Waals surface area contributed by atoms with Crippen LogP contribution in [0.1, 0.15) is 36.0 Å². The van der Waals surface area contributed by atoms with Gasteiger partial charge in [0.1, 0.15) is 0 Å². The summed E-state index contributed by atoms with van der Waals surface area (Å²) in [6.07, 6.45) is 2.87. The molecule has 2 aliphatic heterocycles. The molecule has 2 aromatic rings. The summed E-state index contributed by atoms with van der Waals surface area (Å²) in [7, 11) is 0. The van der Waals surface area contributed by atoms with Crippen LogP contribution in [0.3, 0.4) is 0 Å². The Morgan fingerprint density at radius 3 is 2.26 bits per heavy atom. The van der Waals surface area contributed by atoms with E-state index in [9.17, 15) is 4.79 Å². The summed E-state index contributed by atoms with van der Waals surface area (Å²) >= 11 is 0. The zero-order valence-electron chi connectivity index (χ0n) is 15.6. The second-order valence-corrected chi connectivity index (χ2v) is 8.00. The molecule has 4 rings (SSSR count). The Bertz CT molecular complexity index is 830. The minimum absolute atomic E-state index is 0.160. The number of piperidine rings is 1. The molecule has 138 valence electrons. The first-order valence-corrected chi connectivity index (χ1v) is 9.69. The molecule has 2 aromatic carbocycles. The van der Waals surface area contributed by atoms with E-state index in [1.165, 1.54) is 11.1 Å². The van der Waals surface area contributed by atoms with Crippen molar-refractivity contribution in [2.75, 3.05) is 19.6 Å². The van der Waals surface area contributed by atoms with Gasteiger partial charge in [-0.1, -0.05) is 42.5 Å². The number of carbonyl (C=O) groups excluding carboxylic acids is 1. The van der Waals surface area contributed by atoms with Crippen molar-refractivity contribution in [1.82, 2.24) is 9.80 Å². The van der Waals surface area contributed by atoms with E-state index in [4.69, 9.17) is 5.26 Å². The molecule has 2 heterocycles. The standard InChI is InChI=1S/C23H25N3O/c24-15-19-6-8-21(9-7-19)16-25-12-10-23(11-13-25)14-22(27)26(18-23)17-20-4-2-1-3-5-20/h1-9H,10-14,16-18H2. The number of rotatable bonds is 4. The highest BCUT2D eigenvalue weighted by atomic mass is 16.2. The first-order valence-electron chi connectivity index (χ1n) is 9.69. The molecule has 0 aromatic heterocycles.